The largest absolute Gasteiger partial charge is 0.339 e. The van der Waals surface area contributed by atoms with Gasteiger partial charge in [-0.3, -0.25) is 4.79 Å². The van der Waals surface area contributed by atoms with Gasteiger partial charge in [0.1, 0.15) is 0 Å². The van der Waals surface area contributed by atoms with E-state index in [1.807, 2.05) is 6.26 Å². The van der Waals surface area contributed by atoms with Crippen LogP contribution in [-0.2, 0) is 4.79 Å². The minimum atomic E-state index is -2.50. The third kappa shape index (κ3) is 5.39. The normalized spacial score (nSPS) is 13.0. The van der Waals surface area contributed by atoms with E-state index >= 15 is 0 Å². The Hall–Kier alpha value is -0.360. The van der Waals surface area contributed by atoms with Gasteiger partial charge in [-0.15, -0.1) is 0 Å². The highest BCUT2D eigenvalue weighted by Gasteiger charge is 2.19. The molecule has 0 fully saturated rings. The third-order valence-corrected chi connectivity index (χ3v) is 2.38. The summed E-state index contributed by atoms with van der Waals surface area (Å²) >= 11 is 1.57. The van der Waals surface area contributed by atoms with Crippen molar-refractivity contribution in [2.24, 2.45) is 5.73 Å². The van der Waals surface area contributed by atoms with Gasteiger partial charge in [-0.25, -0.2) is 8.78 Å². The van der Waals surface area contributed by atoms with E-state index in [0.717, 1.165) is 10.7 Å². The molecule has 0 unspecified atom stereocenters. The summed E-state index contributed by atoms with van der Waals surface area (Å²) in [5.74, 6) is 0.342. The van der Waals surface area contributed by atoms with Crippen molar-refractivity contribution in [2.45, 2.75) is 18.9 Å². The number of thioether (sulfide) groups is 1. The van der Waals surface area contributed by atoms with Crippen LogP contribution in [-0.4, -0.2) is 48.9 Å². The van der Waals surface area contributed by atoms with E-state index in [1.54, 1.807) is 11.8 Å². The molecule has 0 rings (SSSR count). The molecular weight excluding hydrogens is 210 g/mol. The van der Waals surface area contributed by atoms with Gasteiger partial charge in [-0.05, 0) is 18.4 Å². The Morgan fingerprint density at radius 3 is 2.57 bits per heavy atom. The van der Waals surface area contributed by atoms with E-state index in [1.165, 1.54) is 7.05 Å². The molecule has 0 aromatic carbocycles. The molecule has 0 spiro atoms. The lowest BCUT2D eigenvalue weighted by molar-refractivity contribution is -0.133. The van der Waals surface area contributed by atoms with Crippen LogP contribution in [0.5, 0.6) is 0 Å². The Morgan fingerprint density at radius 1 is 1.57 bits per heavy atom. The number of nitrogens with zero attached hydrogens (tertiary/aromatic N) is 1. The molecular formula is C8H16F2N2OS. The van der Waals surface area contributed by atoms with Crippen molar-refractivity contribution in [1.29, 1.82) is 0 Å². The molecule has 0 bridgehead atoms. The summed E-state index contributed by atoms with van der Waals surface area (Å²) in [6.45, 7) is -0.550. The highest BCUT2D eigenvalue weighted by Crippen LogP contribution is 2.03. The van der Waals surface area contributed by atoms with Gasteiger partial charge in [-0.2, -0.15) is 11.8 Å². The summed E-state index contributed by atoms with van der Waals surface area (Å²) in [5.41, 5.74) is 5.53. The highest BCUT2D eigenvalue weighted by atomic mass is 32.2. The Balaban J connectivity index is 3.91. The zero-order valence-corrected chi connectivity index (χ0v) is 9.19. The van der Waals surface area contributed by atoms with Crippen molar-refractivity contribution in [1.82, 2.24) is 4.90 Å². The van der Waals surface area contributed by atoms with Crippen molar-refractivity contribution in [3.8, 4) is 0 Å². The Labute approximate surface area is 87.0 Å². The molecule has 2 N–H and O–H groups in total. The lowest BCUT2D eigenvalue weighted by Crippen LogP contribution is -2.43. The maximum Gasteiger partial charge on any atom is 0.255 e. The number of hydrogen-bond acceptors (Lipinski definition) is 3. The number of carbonyl (C=O) groups excluding carboxylic acids is 1. The van der Waals surface area contributed by atoms with E-state index in [0.29, 0.717) is 6.42 Å². The van der Waals surface area contributed by atoms with Crippen LogP contribution in [0.25, 0.3) is 0 Å². The lowest BCUT2D eigenvalue weighted by atomic mass is 10.2. The smallest absolute Gasteiger partial charge is 0.255 e. The number of hydrogen-bond donors (Lipinski definition) is 1. The second-order valence-corrected chi connectivity index (χ2v) is 3.98. The minimum Gasteiger partial charge on any atom is -0.339 e. The van der Waals surface area contributed by atoms with Gasteiger partial charge >= 0.3 is 0 Å². The number of nitrogens with two attached hydrogens (primary N) is 1. The van der Waals surface area contributed by atoms with Crippen LogP contribution in [0, 0.1) is 0 Å². The minimum absolute atomic E-state index is 0.417. The highest BCUT2D eigenvalue weighted by molar-refractivity contribution is 7.98. The molecule has 1 atom stereocenters. The molecule has 0 radical (unpaired) electrons. The summed E-state index contributed by atoms with van der Waals surface area (Å²) in [7, 11) is 1.34. The second kappa shape index (κ2) is 7.00. The van der Waals surface area contributed by atoms with E-state index in [2.05, 4.69) is 0 Å². The van der Waals surface area contributed by atoms with E-state index < -0.39 is 24.9 Å². The molecule has 84 valence electrons. The molecule has 0 aromatic heterocycles. The van der Waals surface area contributed by atoms with Crippen LogP contribution < -0.4 is 5.73 Å². The summed E-state index contributed by atoms with van der Waals surface area (Å²) < 4.78 is 23.8. The molecule has 0 saturated heterocycles. The SMILES string of the molecule is CSCC[C@H](N)C(=O)N(C)CC(F)F. The van der Waals surface area contributed by atoms with E-state index in [9.17, 15) is 13.6 Å². The molecule has 0 aromatic rings. The van der Waals surface area contributed by atoms with Crippen LogP contribution >= 0.6 is 11.8 Å². The fraction of sp³-hybridized carbons (Fsp3) is 0.875. The Morgan fingerprint density at radius 2 is 2.14 bits per heavy atom. The third-order valence-electron chi connectivity index (χ3n) is 1.74. The zero-order chi connectivity index (χ0) is 11.1. The van der Waals surface area contributed by atoms with Gasteiger partial charge in [0, 0.05) is 7.05 Å². The lowest BCUT2D eigenvalue weighted by Gasteiger charge is -2.20. The van der Waals surface area contributed by atoms with Crippen molar-refractivity contribution in [3.05, 3.63) is 0 Å². The number of carbonyl (C=O) groups is 1. The van der Waals surface area contributed by atoms with Gasteiger partial charge in [-0.1, -0.05) is 0 Å². The first-order valence-corrected chi connectivity index (χ1v) is 5.66. The number of amides is 1. The number of halogens is 2. The first-order valence-electron chi connectivity index (χ1n) is 4.26. The predicted molar refractivity (Wildman–Crippen MR) is 54.6 cm³/mol. The van der Waals surface area contributed by atoms with Crippen LogP contribution in [0.3, 0.4) is 0 Å². The summed E-state index contributed by atoms with van der Waals surface area (Å²) in [6.07, 6.45) is -0.0788. The van der Waals surface area contributed by atoms with Gasteiger partial charge < -0.3 is 10.6 Å². The molecule has 1 amide bonds. The fourth-order valence-electron chi connectivity index (χ4n) is 0.948. The Kier molecular flexibility index (Phi) is 6.82. The van der Waals surface area contributed by atoms with Gasteiger partial charge in [0.05, 0.1) is 12.6 Å². The molecule has 0 aliphatic heterocycles. The molecule has 3 nitrogen and oxygen atoms in total. The van der Waals surface area contributed by atoms with E-state index in [4.69, 9.17) is 5.73 Å². The van der Waals surface area contributed by atoms with Crippen LogP contribution in [0.4, 0.5) is 8.78 Å². The average Bonchev–Trinajstić information content (AvgIpc) is 2.11. The summed E-state index contributed by atoms with van der Waals surface area (Å²) in [4.78, 5) is 12.3. The fourth-order valence-corrected chi connectivity index (χ4v) is 1.44. The van der Waals surface area contributed by atoms with Crippen LogP contribution in [0.15, 0.2) is 0 Å². The number of likely N-dealkylation sites (N-methyl/N-ethyl adjacent to an activating group) is 1. The molecule has 14 heavy (non-hydrogen) atoms. The van der Waals surface area contributed by atoms with Gasteiger partial charge in [0.2, 0.25) is 5.91 Å². The van der Waals surface area contributed by atoms with E-state index in [-0.39, 0.29) is 0 Å². The molecule has 6 heteroatoms. The zero-order valence-electron chi connectivity index (χ0n) is 8.37. The average molecular weight is 226 g/mol. The molecule has 0 heterocycles. The Bertz CT molecular complexity index is 181. The van der Waals surface area contributed by atoms with Gasteiger partial charge in [0.25, 0.3) is 6.43 Å². The number of rotatable bonds is 6. The van der Waals surface area contributed by atoms with Crippen molar-refractivity contribution < 1.29 is 13.6 Å². The van der Waals surface area contributed by atoms with Crippen molar-refractivity contribution in [3.63, 3.8) is 0 Å². The maximum atomic E-state index is 11.9. The van der Waals surface area contributed by atoms with Crippen molar-refractivity contribution >= 4 is 17.7 Å². The molecule has 0 aliphatic carbocycles. The molecule has 0 saturated carbocycles. The topological polar surface area (TPSA) is 46.3 Å². The second-order valence-electron chi connectivity index (χ2n) is 3.00. The van der Waals surface area contributed by atoms with Crippen LogP contribution in [0.2, 0.25) is 0 Å². The summed E-state index contributed by atoms with van der Waals surface area (Å²) in [5, 5.41) is 0. The molecule has 0 aliphatic rings. The van der Waals surface area contributed by atoms with Crippen LogP contribution in [0.1, 0.15) is 6.42 Å². The van der Waals surface area contributed by atoms with Crippen molar-refractivity contribution in [2.75, 3.05) is 25.6 Å². The standard InChI is InChI=1S/C8H16F2N2OS/c1-12(5-7(9)10)8(13)6(11)3-4-14-2/h6-7H,3-5,11H2,1-2H3/t6-/m0/s1. The first-order chi connectivity index (χ1) is 6.49. The quantitative estimate of drug-likeness (QED) is 0.728. The predicted octanol–water partition coefficient (Wildman–Crippen LogP) is 0.790. The first kappa shape index (κ1) is 13.6. The maximum absolute atomic E-state index is 11.9. The monoisotopic (exact) mass is 226 g/mol. The number of alkyl halides is 2. The van der Waals surface area contributed by atoms with Gasteiger partial charge in [0.15, 0.2) is 0 Å². The summed E-state index contributed by atoms with van der Waals surface area (Å²) in [6, 6.07) is -0.661.